The first-order valence-electron chi connectivity index (χ1n) is 14.4. The molecular weight excluding hydrogens is 548 g/mol. The Morgan fingerprint density at radius 2 is 1.86 bits per heavy atom. The van der Waals surface area contributed by atoms with E-state index in [0.29, 0.717) is 12.5 Å². The van der Waals surface area contributed by atoms with Crippen LogP contribution in [0.25, 0.3) is 10.4 Å². The number of hydrogen-bond acceptors (Lipinski definition) is 7. The average molecular weight is 585 g/mol. The van der Waals surface area contributed by atoms with Crippen LogP contribution in [0.15, 0.2) is 66.3 Å². The molecule has 2 aliphatic rings. The third kappa shape index (κ3) is 5.61. The number of aliphatic hydroxyl groups is 1. The number of aromatic nitrogens is 4. The monoisotopic (exact) mass is 584 g/mol. The van der Waals surface area contributed by atoms with E-state index in [0.717, 1.165) is 45.8 Å². The van der Waals surface area contributed by atoms with E-state index in [1.54, 1.807) is 16.0 Å². The van der Waals surface area contributed by atoms with Gasteiger partial charge >= 0.3 is 0 Å². The quantitative estimate of drug-likeness (QED) is 0.302. The summed E-state index contributed by atoms with van der Waals surface area (Å²) >= 11 is 1.60. The number of carbonyl (C=O) groups excluding carboxylic acids is 2. The third-order valence-electron chi connectivity index (χ3n) is 8.52. The van der Waals surface area contributed by atoms with Crippen molar-refractivity contribution in [1.29, 1.82) is 0 Å². The highest BCUT2D eigenvalue weighted by molar-refractivity contribution is 7.13. The Balaban J connectivity index is 1.21. The fourth-order valence-electron chi connectivity index (χ4n) is 5.88. The molecule has 42 heavy (non-hydrogen) atoms. The van der Waals surface area contributed by atoms with Gasteiger partial charge in [-0.2, -0.15) is 0 Å². The van der Waals surface area contributed by atoms with Crippen molar-refractivity contribution in [3.63, 3.8) is 0 Å². The molecule has 3 heterocycles. The number of hydrogen-bond donors (Lipinski definition) is 2. The minimum atomic E-state index is -0.787. The van der Waals surface area contributed by atoms with E-state index in [1.165, 1.54) is 4.90 Å². The van der Waals surface area contributed by atoms with Crippen LogP contribution in [0.4, 0.5) is 0 Å². The maximum Gasteiger partial charge on any atom is 0.249 e. The number of rotatable bonds is 9. The molecule has 1 aliphatic carbocycles. The number of aliphatic hydroxyl groups excluding tert-OH is 1. The van der Waals surface area contributed by atoms with Gasteiger partial charge < -0.3 is 15.3 Å². The number of amides is 2. The van der Waals surface area contributed by atoms with Gasteiger partial charge in [0.05, 0.1) is 27.9 Å². The maximum atomic E-state index is 14.4. The third-order valence-corrected chi connectivity index (χ3v) is 9.49. The summed E-state index contributed by atoms with van der Waals surface area (Å²) in [5.41, 5.74) is 6.07. The van der Waals surface area contributed by atoms with Crippen molar-refractivity contribution in [2.45, 2.75) is 76.1 Å². The second-order valence-corrected chi connectivity index (χ2v) is 12.8. The Bertz CT molecular complexity index is 1560. The van der Waals surface area contributed by atoms with E-state index >= 15 is 0 Å². The molecule has 2 N–H and O–H groups in total. The number of nitrogens with zero attached hydrogens (tertiary/aromatic N) is 5. The molecule has 2 fully saturated rings. The van der Waals surface area contributed by atoms with Crippen molar-refractivity contribution in [3.05, 3.63) is 88.8 Å². The topological polar surface area (TPSA) is 113 Å². The standard InChI is InChI=1S/C32H36N6O3S/c1-20-28(42-19-34-20)23-11-9-21(10-12-23)16-33-30(40)27-15-25(39)17-37(27)31(41)29(32(2,3)24-7-5-4-6-8-24)38-18-26(35-36-38)22-13-14-22/h4-12,18-19,22,25,27,29,39H,13-17H2,1-3H3,(H,33,40)/t25-,27+,29-/m1/s1. The summed E-state index contributed by atoms with van der Waals surface area (Å²) in [6.45, 7) is 6.43. The van der Waals surface area contributed by atoms with Crippen LogP contribution in [0.3, 0.4) is 0 Å². The summed E-state index contributed by atoms with van der Waals surface area (Å²) < 4.78 is 1.66. The van der Waals surface area contributed by atoms with Crippen molar-refractivity contribution in [3.8, 4) is 10.4 Å². The number of β-amino-alcohol motifs (C(OH)–C–C–N with tert-alkyl or cyclic N) is 1. The van der Waals surface area contributed by atoms with Gasteiger partial charge in [-0.3, -0.25) is 9.59 Å². The number of aryl methyl sites for hydroxylation is 1. The highest BCUT2D eigenvalue weighted by atomic mass is 32.1. The highest BCUT2D eigenvalue weighted by Crippen LogP contribution is 2.41. The number of carbonyl (C=O) groups is 2. The highest BCUT2D eigenvalue weighted by Gasteiger charge is 2.47. The van der Waals surface area contributed by atoms with Crippen molar-refractivity contribution >= 4 is 23.2 Å². The fourth-order valence-corrected chi connectivity index (χ4v) is 6.70. The Kier molecular flexibility index (Phi) is 7.67. The fraction of sp³-hybridized carbons (Fsp3) is 0.406. The summed E-state index contributed by atoms with van der Waals surface area (Å²) in [5.74, 6) is -0.144. The first-order valence-corrected chi connectivity index (χ1v) is 15.3. The summed E-state index contributed by atoms with van der Waals surface area (Å²) in [6.07, 6.45) is 3.43. The molecule has 6 rings (SSSR count). The van der Waals surface area contributed by atoms with Crippen molar-refractivity contribution < 1.29 is 14.7 Å². The van der Waals surface area contributed by atoms with E-state index in [1.807, 2.05) is 87.1 Å². The van der Waals surface area contributed by atoms with E-state index < -0.39 is 23.6 Å². The van der Waals surface area contributed by atoms with Crippen LogP contribution in [0.2, 0.25) is 0 Å². The van der Waals surface area contributed by atoms with E-state index in [-0.39, 0.29) is 24.8 Å². The van der Waals surface area contributed by atoms with Gasteiger partial charge in [0.15, 0.2) is 0 Å². The summed E-state index contributed by atoms with van der Waals surface area (Å²) in [6, 6.07) is 16.4. The van der Waals surface area contributed by atoms with Crippen LogP contribution >= 0.6 is 11.3 Å². The molecule has 218 valence electrons. The Morgan fingerprint density at radius 1 is 1.12 bits per heavy atom. The Labute approximate surface area is 249 Å². The molecule has 2 aromatic carbocycles. The molecule has 9 nitrogen and oxygen atoms in total. The average Bonchev–Trinajstić information content (AvgIpc) is 3.36. The molecule has 4 aromatic rings. The molecule has 2 amide bonds. The molecule has 10 heteroatoms. The van der Waals surface area contributed by atoms with Gasteiger partial charge in [0, 0.05) is 37.0 Å². The lowest BCUT2D eigenvalue weighted by Crippen LogP contribution is -2.51. The van der Waals surface area contributed by atoms with Crippen molar-refractivity contribution in [2.24, 2.45) is 0 Å². The zero-order chi connectivity index (χ0) is 29.4. The summed E-state index contributed by atoms with van der Waals surface area (Å²) in [5, 5.41) is 22.4. The number of nitrogens with one attached hydrogen (secondary N) is 1. The molecular formula is C32H36N6O3S. The summed E-state index contributed by atoms with van der Waals surface area (Å²) in [7, 11) is 0. The van der Waals surface area contributed by atoms with E-state index in [9.17, 15) is 14.7 Å². The van der Waals surface area contributed by atoms with Crippen LogP contribution in [0.1, 0.15) is 67.6 Å². The van der Waals surface area contributed by atoms with Crippen LogP contribution in [0, 0.1) is 6.92 Å². The number of thiazole rings is 1. The smallest absolute Gasteiger partial charge is 0.249 e. The molecule has 0 bridgehead atoms. The lowest BCUT2D eigenvalue weighted by molar-refractivity contribution is -0.143. The van der Waals surface area contributed by atoms with Gasteiger partial charge in [-0.25, -0.2) is 9.67 Å². The number of likely N-dealkylation sites (tertiary alicyclic amines) is 1. The molecule has 0 unspecified atom stereocenters. The lowest BCUT2D eigenvalue weighted by atomic mass is 9.77. The predicted molar refractivity (Wildman–Crippen MR) is 161 cm³/mol. The van der Waals surface area contributed by atoms with E-state index in [2.05, 4.69) is 20.6 Å². The maximum absolute atomic E-state index is 14.4. The van der Waals surface area contributed by atoms with Gasteiger partial charge in [0.1, 0.15) is 12.1 Å². The normalized spacial score (nSPS) is 19.6. The Hall–Kier alpha value is -3.89. The molecule has 1 saturated heterocycles. The molecule has 0 spiro atoms. The SMILES string of the molecule is Cc1ncsc1-c1ccc(CNC(=O)[C@@H]2C[C@@H](O)CN2C(=O)[C@@H](n2cc(C3CC3)nn2)C(C)(C)c2ccccc2)cc1. The largest absolute Gasteiger partial charge is 0.391 e. The zero-order valence-electron chi connectivity index (χ0n) is 24.1. The molecule has 1 saturated carbocycles. The van der Waals surface area contributed by atoms with Gasteiger partial charge in [0.25, 0.3) is 0 Å². The molecule has 2 aromatic heterocycles. The first-order chi connectivity index (χ1) is 20.2. The second kappa shape index (κ2) is 11.4. The van der Waals surface area contributed by atoms with E-state index in [4.69, 9.17) is 0 Å². The van der Waals surface area contributed by atoms with Gasteiger partial charge in [-0.1, -0.05) is 73.7 Å². The minimum absolute atomic E-state index is 0.0887. The molecule has 1 aliphatic heterocycles. The first kappa shape index (κ1) is 28.2. The van der Waals surface area contributed by atoms with Gasteiger partial charge in [-0.15, -0.1) is 16.4 Å². The lowest BCUT2D eigenvalue weighted by Gasteiger charge is -2.37. The van der Waals surface area contributed by atoms with Crippen LogP contribution in [-0.4, -0.2) is 60.5 Å². The molecule has 0 radical (unpaired) electrons. The minimum Gasteiger partial charge on any atom is -0.391 e. The van der Waals surface area contributed by atoms with Crippen LogP contribution < -0.4 is 5.32 Å². The van der Waals surface area contributed by atoms with Crippen molar-refractivity contribution in [2.75, 3.05) is 6.54 Å². The van der Waals surface area contributed by atoms with Gasteiger partial charge in [0.2, 0.25) is 11.8 Å². The van der Waals surface area contributed by atoms with Crippen molar-refractivity contribution in [1.82, 2.24) is 30.2 Å². The van der Waals surface area contributed by atoms with Crippen LogP contribution in [-0.2, 0) is 21.5 Å². The predicted octanol–water partition coefficient (Wildman–Crippen LogP) is 4.38. The van der Waals surface area contributed by atoms with Crippen LogP contribution in [0.5, 0.6) is 0 Å². The Morgan fingerprint density at radius 3 is 2.52 bits per heavy atom. The number of benzene rings is 2. The zero-order valence-corrected chi connectivity index (χ0v) is 24.9. The molecule has 3 atom stereocenters. The van der Waals surface area contributed by atoms with Gasteiger partial charge in [-0.05, 0) is 36.5 Å². The second-order valence-electron chi connectivity index (χ2n) is 12.0. The summed E-state index contributed by atoms with van der Waals surface area (Å²) in [4.78, 5) is 34.9.